The summed E-state index contributed by atoms with van der Waals surface area (Å²) in [4.78, 5) is 23.9. The first-order chi connectivity index (χ1) is 27.2. The smallest absolute Gasteiger partial charge is 0.308 e. The van der Waals surface area contributed by atoms with Crippen molar-refractivity contribution < 1.29 is 0 Å². The van der Waals surface area contributed by atoms with E-state index in [0.717, 1.165) is 50.1 Å². The number of hydrogen-bond acceptors (Lipinski definition) is 6. The predicted octanol–water partition coefficient (Wildman–Crippen LogP) is 12.1. The molecular weight excluding hydrogens is 675 g/mol. The second-order valence-electron chi connectivity index (χ2n) is 13.3. The summed E-state index contributed by atoms with van der Waals surface area (Å²) in [5.41, 5.74) is 13.8. The van der Waals surface area contributed by atoms with E-state index in [2.05, 4.69) is 159 Å². The maximum atomic E-state index is 9.52. The van der Waals surface area contributed by atoms with Crippen LogP contribution in [0.25, 0.3) is 82.8 Å². The van der Waals surface area contributed by atoms with Crippen LogP contribution in [0.4, 0.5) is 22.9 Å². The second kappa shape index (κ2) is 12.9. The Kier molecular flexibility index (Phi) is 7.43. The van der Waals surface area contributed by atoms with Gasteiger partial charge in [0.2, 0.25) is 5.65 Å². The van der Waals surface area contributed by atoms with Crippen LogP contribution in [0.3, 0.4) is 0 Å². The van der Waals surface area contributed by atoms with E-state index in [-0.39, 0.29) is 22.8 Å². The molecule has 0 fully saturated rings. The van der Waals surface area contributed by atoms with Gasteiger partial charge in [-0.05, 0) is 75.2 Å². The number of nitriles is 1. The zero-order chi connectivity index (χ0) is 36.9. The van der Waals surface area contributed by atoms with Gasteiger partial charge in [0.05, 0.1) is 0 Å². The van der Waals surface area contributed by atoms with Gasteiger partial charge in [-0.1, -0.05) is 139 Å². The van der Waals surface area contributed by atoms with Gasteiger partial charge < -0.3 is 9.74 Å². The first kappa shape index (κ1) is 31.7. The fourth-order valence-electron chi connectivity index (χ4n) is 7.56. The van der Waals surface area contributed by atoms with Crippen molar-refractivity contribution in [2.24, 2.45) is 0 Å². The summed E-state index contributed by atoms with van der Waals surface area (Å²) in [7, 11) is 0. The van der Waals surface area contributed by atoms with Crippen molar-refractivity contribution >= 4 is 44.9 Å². The van der Waals surface area contributed by atoms with E-state index in [1.165, 1.54) is 22.3 Å². The molecule has 7 nitrogen and oxygen atoms in total. The van der Waals surface area contributed by atoms with Crippen molar-refractivity contribution in [2.75, 3.05) is 4.90 Å². The Balaban J connectivity index is 1.04. The Morgan fingerprint density at radius 2 is 0.927 bits per heavy atom. The molecule has 254 valence electrons. The van der Waals surface area contributed by atoms with E-state index in [0.29, 0.717) is 11.4 Å². The molecule has 9 aromatic rings. The summed E-state index contributed by atoms with van der Waals surface area (Å²) in [6, 6.07) is 59.4. The van der Waals surface area contributed by atoms with Gasteiger partial charge in [0.15, 0.2) is 5.69 Å². The molecule has 0 bridgehead atoms. The number of benzene rings is 7. The number of hydrogen-bond donors (Lipinski definition) is 0. The Hall–Kier alpha value is -8.00. The van der Waals surface area contributed by atoms with Gasteiger partial charge >= 0.3 is 5.82 Å². The van der Waals surface area contributed by atoms with Crippen LogP contribution in [-0.2, 0) is 0 Å². The summed E-state index contributed by atoms with van der Waals surface area (Å²) in [6.07, 6.45) is 0. The Bertz CT molecular complexity index is 2870. The minimum absolute atomic E-state index is 0.0526. The molecule has 0 spiro atoms. The molecule has 55 heavy (non-hydrogen) atoms. The first-order valence-corrected chi connectivity index (χ1v) is 17.8. The van der Waals surface area contributed by atoms with Gasteiger partial charge in [-0.15, -0.1) is 0 Å². The lowest BCUT2D eigenvalue weighted by molar-refractivity contribution is 1.16. The average molecular weight is 702 g/mol. The van der Waals surface area contributed by atoms with Crippen LogP contribution in [0.1, 0.15) is 5.69 Å². The minimum Gasteiger partial charge on any atom is -0.358 e. The van der Waals surface area contributed by atoms with E-state index in [1.54, 1.807) is 0 Å². The van der Waals surface area contributed by atoms with Gasteiger partial charge in [-0.3, -0.25) is 0 Å². The fraction of sp³-hybridized carbons (Fsp3) is 0. The van der Waals surface area contributed by atoms with Gasteiger partial charge in [-0.2, -0.15) is 5.26 Å². The summed E-state index contributed by atoms with van der Waals surface area (Å²) < 4.78 is 0. The molecule has 1 aliphatic carbocycles. The Labute approximate surface area is 316 Å². The lowest BCUT2D eigenvalue weighted by Crippen LogP contribution is -2.09. The highest BCUT2D eigenvalue weighted by Crippen LogP contribution is 2.48. The van der Waals surface area contributed by atoms with Crippen molar-refractivity contribution in [3.63, 3.8) is 0 Å². The van der Waals surface area contributed by atoms with E-state index >= 15 is 0 Å². The fourth-order valence-corrected chi connectivity index (χ4v) is 7.56. The molecular formula is C48H27N7. The summed E-state index contributed by atoms with van der Waals surface area (Å²) in [5, 5.41) is 11.7. The Morgan fingerprint density at radius 3 is 1.45 bits per heavy atom. The first-order valence-electron chi connectivity index (χ1n) is 17.8. The molecule has 7 aromatic carbocycles. The molecule has 0 aliphatic heterocycles. The molecule has 0 unspecified atom stereocenters. The number of fused-ring (bicyclic) bond motifs is 4. The van der Waals surface area contributed by atoms with Crippen LogP contribution in [0.5, 0.6) is 0 Å². The molecule has 2 aromatic heterocycles. The number of rotatable bonds is 6. The maximum absolute atomic E-state index is 9.52. The highest BCUT2D eigenvalue weighted by molar-refractivity contribution is 6.17. The van der Waals surface area contributed by atoms with Crippen LogP contribution >= 0.6 is 0 Å². The zero-order valence-electron chi connectivity index (χ0n) is 29.2. The van der Waals surface area contributed by atoms with Gasteiger partial charge in [0, 0.05) is 33.6 Å². The van der Waals surface area contributed by atoms with Crippen LogP contribution in [0.2, 0.25) is 0 Å². The maximum Gasteiger partial charge on any atom is 0.308 e. The van der Waals surface area contributed by atoms with Crippen molar-refractivity contribution in [3.05, 3.63) is 181 Å². The molecule has 0 saturated heterocycles. The molecule has 0 saturated carbocycles. The largest absolute Gasteiger partial charge is 0.358 e. The standard InChI is InChI=1S/C48H27N7/c1-50-46-42(29-49)51-47-48(54-46)53-44-40-14-8-13-39-38(27-28-41(43(39)40)45(44)52-47)34-19-25-37(26-20-34)55(35-21-15-32(16-22-35)30-9-4-2-5-10-30)36-23-17-33(18-24-36)31-11-6-3-7-12-31/h2-28H. The molecule has 1 aliphatic rings. The highest BCUT2D eigenvalue weighted by Gasteiger charge is 2.28. The quantitative estimate of drug-likeness (QED) is 0.161. The van der Waals surface area contributed by atoms with Crippen molar-refractivity contribution in [3.8, 4) is 62.0 Å². The lowest BCUT2D eigenvalue weighted by Gasteiger charge is -2.26. The SMILES string of the molecule is [C-]#[N+]c1nc2nc3c(nc2nc1C#N)-c1ccc(-c2ccc(N(c4ccc(-c5ccccc5)cc4)c4ccc(-c5ccccc5)cc4)cc2)c2cccc-3c12. The van der Waals surface area contributed by atoms with Crippen LogP contribution in [0, 0.1) is 17.9 Å². The monoisotopic (exact) mass is 701 g/mol. The summed E-state index contributed by atoms with van der Waals surface area (Å²) >= 11 is 0. The molecule has 0 N–H and O–H groups in total. The lowest BCUT2D eigenvalue weighted by atomic mass is 9.94. The Morgan fingerprint density at radius 1 is 0.455 bits per heavy atom. The second-order valence-corrected chi connectivity index (χ2v) is 13.3. The molecule has 10 rings (SSSR count). The third kappa shape index (κ3) is 5.35. The van der Waals surface area contributed by atoms with Crippen LogP contribution in [-0.4, -0.2) is 19.9 Å². The molecule has 2 heterocycles. The molecule has 0 radical (unpaired) electrons. The predicted molar refractivity (Wildman–Crippen MR) is 219 cm³/mol. The van der Waals surface area contributed by atoms with E-state index in [4.69, 9.17) is 16.5 Å². The number of anilines is 3. The van der Waals surface area contributed by atoms with Gasteiger partial charge in [0.1, 0.15) is 17.5 Å². The minimum atomic E-state index is -0.0735. The normalized spacial score (nSPS) is 11.2. The summed E-state index contributed by atoms with van der Waals surface area (Å²) in [6.45, 7) is 7.44. The number of nitrogens with zero attached hydrogens (tertiary/aromatic N) is 7. The topological polar surface area (TPSA) is 83.0 Å². The molecule has 0 atom stereocenters. The van der Waals surface area contributed by atoms with Crippen LogP contribution < -0.4 is 4.90 Å². The third-order valence-corrected chi connectivity index (χ3v) is 10.2. The molecule has 7 heteroatoms. The van der Waals surface area contributed by atoms with Crippen LogP contribution in [0.15, 0.2) is 164 Å². The van der Waals surface area contributed by atoms with Crippen molar-refractivity contribution in [1.29, 1.82) is 5.26 Å². The summed E-state index contributed by atoms with van der Waals surface area (Å²) in [5.74, 6) is -0.0735. The van der Waals surface area contributed by atoms with E-state index in [1.807, 2.05) is 30.3 Å². The third-order valence-electron chi connectivity index (χ3n) is 10.2. The average Bonchev–Trinajstić information content (AvgIpc) is 3.57. The van der Waals surface area contributed by atoms with E-state index in [9.17, 15) is 5.26 Å². The zero-order valence-corrected chi connectivity index (χ0v) is 29.2. The molecule has 0 amide bonds. The van der Waals surface area contributed by atoms with Gasteiger partial charge in [-0.25, -0.2) is 15.0 Å². The van der Waals surface area contributed by atoms with E-state index < -0.39 is 0 Å². The highest BCUT2D eigenvalue weighted by atomic mass is 15.1. The van der Waals surface area contributed by atoms with Gasteiger partial charge in [0.25, 0.3) is 5.65 Å². The number of aromatic nitrogens is 4. The van der Waals surface area contributed by atoms with Crippen molar-refractivity contribution in [2.45, 2.75) is 0 Å². The van der Waals surface area contributed by atoms with Crippen molar-refractivity contribution in [1.82, 2.24) is 19.9 Å².